The van der Waals surface area contributed by atoms with E-state index in [-0.39, 0.29) is 0 Å². The quantitative estimate of drug-likeness (QED) is 0.899. The van der Waals surface area contributed by atoms with Crippen LogP contribution in [0.1, 0.15) is 49.9 Å². The fourth-order valence-corrected chi connectivity index (χ4v) is 3.89. The molecule has 2 aliphatic rings. The van der Waals surface area contributed by atoms with Crippen LogP contribution in [-0.2, 0) is 13.5 Å². The Morgan fingerprint density at radius 3 is 2.58 bits per heavy atom. The van der Waals surface area contributed by atoms with E-state index in [0.717, 1.165) is 18.2 Å². The number of aromatic nitrogens is 2. The van der Waals surface area contributed by atoms with Crippen LogP contribution in [0.2, 0.25) is 0 Å². The van der Waals surface area contributed by atoms with Crippen molar-refractivity contribution in [2.45, 2.75) is 57.9 Å². The second-order valence-electron chi connectivity index (χ2n) is 6.51. The normalized spacial score (nSPS) is 22.1. The van der Waals surface area contributed by atoms with Gasteiger partial charge >= 0.3 is 0 Å². The summed E-state index contributed by atoms with van der Waals surface area (Å²) in [5.41, 5.74) is 2.95. The van der Waals surface area contributed by atoms with E-state index in [2.05, 4.69) is 45.0 Å². The van der Waals surface area contributed by atoms with Crippen molar-refractivity contribution in [3.05, 3.63) is 15.9 Å². The third-order valence-corrected chi connectivity index (χ3v) is 5.84. The van der Waals surface area contributed by atoms with E-state index in [4.69, 9.17) is 0 Å². The van der Waals surface area contributed by atoms with Crippen LogP contribution < -0.4 is 5.32 Å². The predicted molar refractivity (Wildman–Crippen MR) is 81.3 cm³/mol. The molecule has 3 nitrogen and oxygen atoms in total. The van der Waals surface area contributed by atoms with Gasteiger partial charge in [0, 0.05) is 19.6 Å². The van der Waals surface area contributed by atoms with Gasteiger partial charge in [-0.2, -0.15) is 5.10 Å². The molecule has 1 aromatic rings. The molecule has 0 aliphatic heterocycles. The summed E-state index contributed by atoms with van der Waals surface area (Å²) in [7, 11) is 2.07. The van der Waals surface area contributed by atoms with Gasteiger partial charge in [0.25, 0.3) is 0 Å². The standard InChI is InChI=1S/C15H24BrN3/c1-11-14(16)13(19(2)18-11)9-15(7-3-4-8-15)10-17-12-5-6-12/h12,17H,3-10H2,1-2H3. The van der Waals surface area contributed by atoms with Gasteiger partial charge in [0.2, 0.25) is 0 Å². The van der Waals surface area contributed by atoms with E-state index in [9.17, 15) is 0 Å². The zero-order valence-electron chi connectivity index (χ0n) is 12.0. The maximum absolute atomic E-state index is 4.54. The van der Waals surface area contributed by atoms with Crippen LogP contribution in [-0.4, -0.2) is 22.4 Å². The van der Waals surface area contributed by atoms with E-state index in [1.807, 2.05) is 0 Å². The van der Waals surface area contributed by atoms with Crippen LogP contribution in [0, 0.1) is 12.3 Å². The Hall–Kier alpha value is -0.350. The van der Waals surface area contributed by atoms with Crippen molar-refractivity contribution in [1.82, 2.24) is 15.1 Å². The number of hydrogen-bond acceptors (Lipinski definition) is 2. The molecule has 0 saturated heterocycles. The molecule has 1 aromatic heterocycles. The summed E-state index contributed by atoms with van der Waals surface area (Å²) < 4.78 is 3.28. The lowest BCUT2D eigenvalue weighted by atomic mass is 9.81. The van der Waals surface area contributed by atoms with Gasteiger partial charge in [-0.05, 0) is 60.4 Å². The summed E-state index contributed by atoms with van der Waals surface area (Å²) in [5, 5.41) is 8.30. The first-order valence-corrected chi connectivity index (χ1v) is 8.30. The van der Waals surface area contributed by atoms with Crippen molar-refractivity contribution in [2.24, 2.45) is 12.5 Å². The molecule has 0 aromatic carbocycles. The molecule has 0 radical (unpaired) electrons. The summed E-state index contributed by atoms with van der Waals surface area (Å²) in [6.07, 6.45) is 9.42. The number of hydrogen-bond donors (Lipinski definition) is 1. The summed E-state index contributed by atoms with van der Waals surface area (Å²) in [6.45, 7) is 3.27. The lowest BCUT2D eigenvalue weighted by molar-refractivity contribution is 0.270. The number of aryl methyl sites for hydroxylation is 2. The summed E-state index contributed by atoms with van der Waals surface area (Å²) in [4.78, 5) is 0. The third-order valence-electron chi connectivity index (χ3n) is 4.81. The molecule has 1 heterocycles. The molecular formula is C15H24BrN3. The van der Waals surface area contributed by atoms with Gasteiger partial charge in [-0.15, -0.1) is 0 Å². The maximum Gasteiger partial charge on any atom is 0.0738 e. The van der Waals surface area contributed by atoms with E-state index in [0.29, 0.717) is 5.41 Å². The fraction of sp³-hybridized carbons (Fsp3) is 0.800. The van der Waals surface area contributed by atoms with Crippen LogP contribution in [0.5, 0.6) is 0 Å². The number of nitrogens with one attached hydrogen (secondary N) is 1. The topological polar surface area (TPSA) is 29.9 Å². The molecule has 1 N–H and O–H groups in total. The first kappa shape index (κ1) is 13.6. The van der Waals surface area contributed by atoms with Crippen LogP contribution >= 0.6 is 15.9 Å². The van der Waals surface area contributed by atoms with Gasteiger partial charge in [0.1, 0.15) is 0 Å². The van der Waals surface area contributed by atoms with Crippen LogP contribution in [0.4, 0.5) is 0 Å². The highest BCUT2D eigenvalue weighted by Gasteiger charge is 2.37. The van der Waals surface area contributed by atoms with Crippen molar-refractivity contribution in [3.63, 3.8) is 0 Å². The molecule has 0 spiro atoms. The molecule has 2 saturated carbocycles. The van der Waals surface area contributed by atoms with Crippen LogP contribution in [0.15, 0.2) is 4.47 Å². The van der Waals surface area contributed by atoms with Crippen molar-refractivity contribution in [2.75, 3.05) is 6.54 Å². The van der Waals surface area contributed by atoms with Crippen molar-refractivity contribution >= 4 is 15.9 Å². The molecule has 19 heavy (non-hydrogen) atoms. The van der Waals surface area contributed by atoms with Gasteiger partial charge in [0.15, 0.2) is 0 Å². The highest BCUT2D eigenvalue weighted by molar-refractivity contribution is 9.10. The molecule has 4 heteroatoms. The molecule has 106 valence electrons. The first-order chi connectivity index (χ1) is 9.10. The predicted octanol–water partition coefficient (Wildman–Crippen LogP) is 3.35. The first-order valence-electron chi connectivity index (χ1n) is 7.51. The second kappa shape index (κ2) is 5.21. The SMILES string of the molecule is Cc1nn(C)c(CC2(CNC3CC3)CCCC2)c1Br. The average Bonchev–Trinajstić information content (AvgIpc) is 3.06. The monoisotopic (exact) mass is 325 g/mol. The highest BCUT2D eigenvalue weighted by Crippen LogP contribution is 2.42. The Labute approximate surface area is 124 Å². The second-order valence-corrected chi connectivity index (χ2v) is 7.30. The molecule has 2 fully saturated rings. The molecule has 0 bridgehead atoms. The number of nitrogens with zero attached hydrogens (tertiary/aromatic N) is 2. The van der Waals surface area contributed by atoms with Crippen molar-refractivity contribution in [3.8, 4) is 0 Å². The number of rotatable bonds is 5. The Morgan fingerprint density at radius 2 is 2.05 bits per heavy atom. The minimum atomic E-state index is 0.464. The van der Waals surface area contributed by atoms with E-state index in [1.165, 1.54) is 55.2 Å². The Kier molecular flexibility index (Phi) is 3.73. The summed E-state index contributed by atoms with van der Waals surface area (Å²) in [6, 6.07) is 0.814. The maximum atomic E-state index is 4.54. The van der Waals surface area contributed by atoms with Gasteiger partial charge in [-0.1, -0.05) is 12.8 Å². The lowest BCUT2D eigenvalue weighted by Gasteiger charge is -2.29. The average molecular weight is 326 g/mol. The lowest BCUT2D eigenvalue weighted by Crippen LogP contribution is -2.35. The zero-order valence-corrected chi connectivity index (χ0v) is 13.6. The summed E-state index contributed by atoms with van der Waals surface area (Å²) >= 11 is 3.72. The van der Waals surface area contributed by atoms with E-state index >= 15 is 0 Å². The number of halogens is 1. The fourth-order valence-electron chi connectivity index (χ4n) is 3.42. The van der Waals surface area contributed by atoms with E-state index in [1.54, 1.807) is 0 Å². The molecule has 3 rings (SSSR count). The van der Waals surface area contributed by atoms with Crippen molar-refractivity contribution in [1.29, 1.82) is 0 Å². The molecule has 0 atom stereocenters. The summed E-state index contributed by atoms with van der Waals surface area (Å²) in [5.74, 6) is 0. The van der Waals surface area contributed by atoms with E-state index < -0.39 is 0 Å². The smallest absolute Gasteiger partial charge is 0.0738 e. The minimum Gasteiger partial charge on any atom is -0.313 e. The highest BCUT2D eigenvalue weighted by atomic mass is 79.9. The van der Waals surface area contributed by atoms with Gasteiger partial charge < -0.3 is 5.32 Å². The van der Waals surface area contributed by atoms with Gasteiger partial charge in [0.05, 0.1) is 15.9 Å². The Bertz CT molecular complexity index is 456. The van der Waals surface area contributed by atoms with Gasteiger partial charge in [-0.25, -0.2) is 0 Å². The van der Waals surface area contributed by atoms with Crippen LogP contribution in [0.25, 0.3) is 0 Å². The molecule has 0 unspecified atom stereocenters. The molecule has 0 amide bonds. The van der Waals surface area contributed by atoms with Crippen molar-refractivity contribution < 1.29 is 0 Å². The Morgan fingerprint density at radius 1 is 1.37 bits per heavy atom. The largest absolute Gasteiger partial charge is 0.313 e. The van der Waals surface area contributed by atoms with Gasteiger partial charge in [-0.3, -0.25) is 4.68 Å². The Balaban J connectivity index is 1.76. The third kappa shape index (κ3) is 2.89. The van der Waals surface area contributed by atoms with Crippen LogP contribution in [0.3, 0.4) is 0 Å². The molecule has 2 aliphatic carbocycles. The molecular weight excluding hydrogens is 302 g/mol. The minimum absolute atomic E-state index is 0.464. The zero-order chi connectivity index (χ0) is 13.5.